The maximum atomic E-state index is 11.3. The molecule has 0 bridgehead atoms. The van der Waals surface area contributed by atoms with E-state index in [0.717, 1.165) is 28.9 Å². The van der Waals surface area contributed by atoms with Gasteiger partial charge >= 0.3 is 0 Å². The van der Waals surface area contributed by atoms with E-state index in [-0.39, 0.29) is 5.91 Å². The Morgan fingerprint density at radius 1 is 1.10 bits per heavy atom. The molecule has 0 fully saturated rings. The fraction of sp³-hybridized carbons (Fsp3) is 0.188. The molecule has 2 N–H and O–H groups in total. The first-order chi connectivity index (χ1) is 10.1. The number of nitrogens with one attached hydrogen (secondary N) is 2. The van der Waals surface area contributed by atoms with E-state index in [0.29, 0.717) is 23.0 Å². The molecule has 0 spiro atoms. The third kappa shape index (κ3) is 3.31. The molecule has 0 unspecified atom stereocenters. The molecule has 0 saturated heterocycles. The van der Waals surface area contributed by atoms with Crippen molar-refractivity contribution in [2.75, 3.05) is 10.6 Å². The molecule has 3 nitrogen and oxygen atoms in total. The summed E-state index contributed by atoms with van der Waals surface area (Å²) in [7, 11) is 0. The molecule has 1 heterocycles. The number of hydrogen-bond donors (Lipinski definition) is 2. The highest BCUT2D eigenvalue weighted by Gasteiger charge is 2.14. The second kappa shape index (κ2) is 5.96. The molecule has 1 aliphatic rings. The fourth-order valence-corrected chi connectivity index (χ4v) is 2.83. The summed E-state index contributed by atoms with van der Waals surface area (Å²) in [4.78, 5) is 11.3. The van der Waals surface area contributed by atoms with Gasteiger partial charge in [-0.05, 0) is 47.9 Å². The van der Waals surface area contributed by atoms with Crippen LogP contribution in [-0.4, -0.2) is 5.91 Å². The van der Waals surface area contributed by atoms with Crippen molar-refractivity contribution in [3.05, 3.63) is 57.6 Å². The lowest BCUT2D eigenvalue weighted by Gasteiger charge is -2.18. The van der Waals surface area contributed by atoms with Gasteiger partial charge in [-0.2, -0.15) is 0 Å². The predicted molar refractivity (Wildman–Crippen MR) is 87.2 cm³/mol. The van der Waals surface area contributed by atoms with Gasteiger partial charge in [0.25, 0.3) is 0 Å². The van der Waals surface area contributed by atoms with Gasteiger partial charge in [0.05, 0.1) is 0 Å². The highest BCUT2D eigenvalue weighted by atomic mass is 35.5. The molecule has 2 aromatic rings. The third-order valence-electron chi connectivity index (χ3n) is 3.50. The monoisotopic (exact) mass is 320 g/mol. The Hall–Kier alpha value is -1.71. The van der Waals surface area contributed by atoms with Crippen molar-refractivity contribution in [3.63, 3.8) is 0 Å². The minimum atomic E-state index is 0.0798. The van der Waals surface area contributed by atoms with Crippen LogP contribution in [0.2, 0.25) is 10.0 Å². The summed E-state index contributed by atoms with van der Waals surface area (Å²) in [5.74, 6) is 0.0798. The molecule has 3 rings (SSSR count). The predicted octanol–water partition coefficient (Wildman–Crippen LogP) is 4.49. The molecular formula is C16H14Cl2N2O. The Kier molecular flexibility index (Phi) is 4.04. The molecule has 0 radical (unpaired) electrons. The number of anilines is 2. The van der Waals surface area contributed by atoms with Crippen LogP contribution in [0.25, 0.3) is 0 Å². The van der Waals surface area contributed by atoms with Crippen LogP contribution in [0.1, 0.15) is 17.5 Å². The van der Waals surface area contributed by atoms with Crippen molar-refractivity contribution in [3.8, 4) is 0 Å². The van der Waals surface area contributed by atoms with Gasteiger partial charge in [-0.15, -0.1) is 0 Å². The minimum Gasteiger partial charge on any atom is -0.381 e. The second-order valence-electron chi connectivity index (χ2n) is 5.01. The van der Waals surface area contributed by atoms with Crippen molar-refractivity contribution in [2.24, 2.45) is 0 Å². The van der Waals surface area contributed by atoms with E-state index in [2.05, 4.69) is 16.7 Å². The van der Waals surface area contributed by atoms with Crippen LogP contribution in [0.5, 0.6) is 0 Å². The van der Waals surface area contributed by atoms with Gasteiger partial charge in [-0.1, -0.05) is 29.3 Å². The van der Waals surface area contributed by atoms with Gasteiger partial charge in [0.1, 0.15) is 0 Å². The summed E-state index contributed by atoms with van der Waals surface area (Å²) in [6, 6.07) is 11.4. The normalized spacial score (nSPS) is 13.5. The number of fused-ring (bicyclic) bond motifs is 1. The Labute approximate surface area is 133 Å². The molecule has 1 amide bonds. The van der Waals surface area contributed by atoms with Gasteiger partial charge in [0.2, 0.25) is 5.91 Å². The first kappa shape index (κ1) is 14.2. The highest BCUT2D eigenvalue weighted by Crippen LogP contribution is 2.27. The van der Waals surface area contributed by atoms with Crippen LogP contribution >= 0.6 is 23.2 Å². The molecule has 5 heteroatoms. The van der Waals surface area contributed by atoms with Crippen molar-refractivity contribution < 1.29 is 4.79 Å². The third-order valence-corrected chi connectivity index (χ3v) is 4.09. The number of halogens is 2. The second-order valence-corrected chi connectivity index (χ2v) is 5.85. The van der Waals surface area contributed by atoms with E-state index in [1.54, 1.807) is 6.07 Å². The number of rotatable bonds is 3. The average Bonchev–Trinajstić information content (AvgIpc) is 2.46. The van der Waals surface area contributed by atoms with E-state index in [1.807, 2.05) is 24.3 Å². The number of aryl methyl sites for hydroxylation is 1. The fourth-order valence-electron chi connectivity index (χ4n) is 2.36. The van der Waals surface area contributed by atoms with Crippen molar-refractivity contribution >= 4 is 40.5 Å². The van der Waals surface area contributed by atoms with Gasteiger partial charge < -0.3 is 10.6 Å². The SMILES string of the molecule is O=C1CCc2cc(NCc3ccc(Cl)cc3Cl)ccc2N1. The molecule has 1 aliphatic heterocycles. The average molecular weight is 321 g/mol. The Morgan fingerprint density at radius 3 is 2.76 bits per heavy atom. The Balaban J connectivity index is 1.72. The smallest absolute Gasteiger partial charge is 0.224 e. The van der Waals surface area contributed by atoms with E-state index in [1.165, 1.54) is 0 Å². The number of amides is 1. The molecule has 108 valence electrons. The van der Waals surface area contributed by atoms with Crippen LogP contribution in [0, 0.1) is 0 Å². The zero-order valence-electron chi connectivity index (χ0n) is 11.2. The summed E-state index contributed by atoms with van der Waals surface area (Å²) in [5, 5.41) is 7.50. The van der Waals surface area contributed by atoms with Crippen molar-refractivity contribution in [2.45, 2.75) is 19.4 Å². The van der Waals surface area contributed by atoms with Crippen molar-refractivity contribution in [1.82, 2.24) is 0 Å². The van der Waals surface area contributed by atoms with E-state index in [9.17, 15) is 4.79 Å². The van der Waals surface area contributed by atoms with Gasteiger partial charge in [0, 0.05) is 34.4 Å². The lowest BCUT2D eigenvalue weighted by Crippen LogP contribution is -2.18. The Morgan fingerprint density at radius 2 is 1.95 bits per heavy atom. The van der Waals surface area contributed by atoms with Gasteiger partial charge in [-0.25, -0.2) is 0 Å². The van der Waals surface area contributed by atoms with Crippen LogP contribution in [0.4, 0.5) is 11.4 Å². The van der Waals surface area contributed by atoms with Crippen LogP contribution in [0.15, 0.2) is 36.4 Å². The zero-order valence-corrected chi connectivity index (χ0v) is 12.8. The highest BCUT2D eigenvalue weighted by molar-refractivity contribution is 6.35. The topological polar surface area (TPSA) is 41.1 Å². The molecule has 0 atom stereocenters. The number of carbonyl (C=O) groups is 1. The van der Waals surface area contributed by atoms with E-state index >= 15 is 0 Å². The van der Waals surface area contributed by atoms with Crippen LogP contribution in [-0.2, 0) is 17.8 Å². The molecule has 2 aromatic carbocycles. The van der Waals surface area contributed by atoms with E-state index < -0.39 is 0 Å². The quantitative estimate of drug-likeness (QED) is 0.874. The van der Waals surface area contributed by atoms with Gasteiger partial charge in [0.15, 0.2) is 0 Å². The lowest BCUT2D eigenvalue weighted by molar-refractivity contribution is -0.116. The summed E-state index contributed by atoms with van der Waals surface area (Å²) in [5.41, 5.74) is 4.06. The zero-order chi connectivity index (χ0) is 14.8. The van der Waals surface area contributed by atoms with E-state index in [4.69, 9.17) is 23.2 Å². The van der Waals surface area contributed by atoms with Gasteiger partial charge in [-0.3, -0.25) is 4.79 Å². The molecular weight excluding hydrogens is 307 g/mol. The molecule has 0 aliphatic carbocycles. The summed E-state index contributed by atoms with van der Waals surface area (Å²) >= 11 is 12.0. The number of benzene rings is 2. The largest absolute Gasteiger partial charge is 0.381 e. The van der Waals surface area contributed by atoms with Crippen LogP contribution in [0.3, 0.4) is 0 Å². The Bertz CT molecular complexity index is 701. The summed E-state index contributed by atoms with van der Waals surface area (Å²) < 4.78 is 0. The number of carbonyl (C=O) groups excluding carboxylic acids is 1. The first-order valence-electron chi connectivity index (χ1n) is 6.72. The maximum absolute atomic E-state index is 11.3. The standard InChI is InChI=1S/C16H14Cl2N2O/c17-12-3-1-11(14(18)8-12)9-19-13-4-5-15-10(7-13)2-6-16(21)20-15/h1,3-5,7-8,19H,2,6,9H2,(H,20,21). The lowest BCUT2D eigenvalue weighted by atomic mass is 10.0. The van der Waals surface area contributed by atoms with Crippen molar-refractivity contribution in [1.29, 1.82) is 0 Å². The van der Waals surface area contributed by atoms with Crippen LogP contribution < -0.4 is 10.6 Å². The summed E-state index contributed by atoms with van der Waals surface area (Å²) in [6.07, 6.45) is 1.32. The minimum absolute atomic E-state index is 0.0798. The molecule has 0 aromatic heterocycles. The summed E-state index contributed by atoms with van der Waals surface area (Å²) in [6.45, 7) is 0.626. The molecule has 0 saturated carbocycles. The molecule has 21 heavy (non-hydrogen) atoms. The number of hydrogen-bond acceptors (Lipinski definition) is 2. The first-order valence-corrected chi connectivity index (χ1v) is 7.48. The maximum Gasteiger partial charge on any atom is 0.224 e.